The molecule has 3 rings (SSSR count). The third kappa shape index (κ3) is 3.72. The highest BCUT2D eigenvalue weighted by molar-refractivity contribution is 8.00. The number of rotatable bonds is 4. The summed E-state index contributed by atoms with van der Waals surface area (Å²) in [6.45, 7) is 4.00. The van der Waals surface area contributed by atoms with E-state index in [0.717, 1.165) is 23.3 Å². The fraction of sp³-hybridized carbons (Fsp3) is 0.526. The van der Waals surface area contributed by atoms with Crippen molar-refractivity contribution < 1.29 is 9.59 Å². The predicted molar refractivity (Wildman–Crippen MR) is 99.0 cm³/mol. The Bertz CT molecular complexity index is 667. The first-order chi connectivity index (χ1) is 11.6. The lowest BCUT2D eigenvalue weighted by atomic mass is 9.84. The Morgan fingerprint density at radius 2 is 2.12 bits per heavy atom. The molecule has 0 radical (unpaired) electrons. The molecule has 5 heteroatoms. The number of allylic oxidation sites excluding steroid dienone is 3. The molecule has 0 saturated heterocycles. The van der Waals surface area contributed by atoms with Gasteiger partial charge in [0, 0.05) is 22.4 Å². The van der Waals surface area contributed by atoms with E-state index in [1.165, 1.54) is 25.7 Å². The highest BCUT2D eigenvalue weighted by Crippen LogP contribution is 2.31. The molecule has 1 N–H and O–H groups in total. The summed E-state index contributed by atoms with van der Waals surface area (Å²) in [5.74, 6) is 0.417. The molecule has 0 aromatic carbocycles. The summed E-state index contributed by atoms with van der Waals surface area (Å²) in [6.07, 6.45) is 11.5. The van der Waals surface area contributed by atoms with E-state index in [1.54, 1.807) is 11.8 Å². The second-order valence-corrected chi connectivity index (χ2v) is 7.84. The minimum absolute atomic E-state index is 0.0322. The molecular weight excluding hydrogens is 320 g/mol. The highest BCUT2D eigenvalue weighted by Gasteiger charge is 2.28. The summed E-state index contributed by atoms with van der Waals surface area (Å²) in [4.78, 5) is 28.4. The lowest BCUT2D eigenvalue weighted by molar-refractivity contribution is -0.117. The second-order valence-electron chi connectivity index (χ2n) is 6.55. The number of aliphatic imine (C=N–C) groups is 1. The molecule has 4 nitrogen and oxygen atoms in total. The maximum Gasteiger partial charge on any atom is 0.256 e. The van der Waals surface area contributed by atoms with Crippen LogP contribution in [-0.4, -0.2) is 28.5 Å². The Balaban J connectivity index is 1.67. The van der Waals surface area contributed by atoms with Crippen molar-refractivity contribution in [3.63, 3.8) is 0 Å². The van der Waals surface area contributed by atoms with Gasteiger partial charge in [0.1, 0.15) is 0 Å². The first-order valence-corrected chi connectivity index (χ1v) is 9.77. The molecular formula is C19H24N2O2S. The lowest BCUT2D eigenvalue weighted by Gasteiger charge is -2.29. The number of nitrogens with zero attached hydrogens (tertiary/aromatic N) is 1. The Kier molecular flexibility index (Phi) is 5.39. The molecule has 3 aliphatic rings. The van der Waals surface area contributed by atoms with Crippen LogP contribution in [0.25, 0.3) is 0 Å². The van der Waals surface area contributed by atoms with Gasteiger partial charge in [-0.3, -0.25) is 9.59 Å². The van der Waals surface area contributed by atoms with Crippen LogP contribution >= 0.6 is 11.8 Å². The Morgan fingerprint density at radius 3 is 2.83 bits per heavy atom. The Morgan fingerprint density at radius 1 is 1.38 bits per heavy atom. The first-order valence-electron chi connectivity index (χ1n) is 8.72. The second kappa shape index (κ2) is 7.51. The van der Waals surface area contributed by atoms with Gasteiger partial charge >= 0.3 is 0 Å². The fourth-order valence-corrected chi connectivity index (χ4v) is 4.70. The van der Waals surface area contributed by atoms with Gasteiger partial charge < -0.3 is 5.32 Å². The van der Waals surface area contributed by atoms with E-state index in [0.29, 0.717) is 16.7 Å². The van der Waals surface area contributed by atoms with Crippen LogP contribution in [0.3, 0.4) is 0 Å². The van der Waals surface area contributed by atoms with Crippen molar-refractivity contribution >= 4 is 29.3 Å². The van der Waals surface area contributed by atoms with E-state index in [4.69, 9.17) is 0 Å². The molecule has 0 aromatic rings. The van der Waals surface area contributed by atoms with Crippen LogP contribution in [0.15, 0.2) is 40.1 Å². The lowest BCUT2D eigenvalue weighted by Crippen LogP contribution is -2.36. The molecule has 1 aliphatic heterocycles. The van der Waals surface area contributed by atoms with E-state index >= 15 is 0 Å². The monoisotopic (exact) mass is 344 g/mol. The van der Waals surface area contributed by atoms with Crippen molar-refractivity contribution in [3.05, 3.63) is 35.1 Å². The van der Waals surface area contributed by atoms with Gasteiger partial charge in [0.15, 0.2) is 0 Å². The normalized spacial score (nSPS) is 25.8. The Labute approximate surface area is 147 Å². The standard InChI is InChI=1S/C19H24N2O2S/c1-3-15-12(2)16-9-8-13(10-17(16)21-19(15)23)20-18(22)11-24-14-6-4-5-7-14/h8-10,14,16H,3-7,11H2,1-2H3,(H,21,23). The largest absolute Gasteiger partial charge is 0.325 e. The number of carbonyl (C=O) groups excluding carboxylic acids is 2. The predicted octanol–water partition coefficient (Wildman–Crippen LogP) is 3.56. The van der Waals surface area contributed by atoms with Crippen molar-refractivity contribution in [1.82, 2.24) is 5.32 Å². The smallest absolute Gasteiger partial charge is 0.256 e. The maximum absolute atomic E-state index is 12.1. The number of carbonyl (C=O) groups is 2. The van der Waals surface area contributed by atoms with E-state index in [-0.39, 0.29) is 17.7 Å². The van der Waals surface area contributed by atoms with Crippen molar-refractivity contribution in [1.29, 1.82) is 0 Å². The van der Waals surface area contributed by atoms with Gasteiger partial charge in [-0.15, -0.1) is 11.8 Å². The van der Waals surface area contributed by atoms with E-state index in [2.05, 4.69) is 10.3 Å². The molecule has 1 atom stereocenters. The van der Waals surface area contributed by atoms with Gasteiger partial charge in [-0.25, -0.2) is 4.99 Å². The van der Waals surface area contributed by atoms with Crippen LogP contribution in [0.1, 0.15) is 46.0 Å². The van der Waals surface area contributed by atoms with Crippen LogP contribution in [0.5, 0.6) is 0 Å². The van der Waals surface area contributed by atoms with Gasteiger partial charge in [-0.2, -0.15) is 0 Å². The topological polar surface area (TPSA) is 58.5 Å². The van der Waals surface area contributed by atoms with E-state index in [1.807, 2.05) is 32.1 Å². The SMILES string of the molecule is CCC1=C(C)C2C=CC(=NC(=O)CSC3CCCC3)C=C2NC1=O. The molecule has 0 bridgehead atoms. The van der Waals surface area contributed by atoms with E-state index in [9.17, 15) is 9.59 Å². The zero-order chi connectivity index (χ0) is 17.1. The van der Waals surface area contributed by atoms with Gasteiger partial charge in [-0.1, -0.05) is 31.4 Å². The zero-order valence-electron chi connectivity index (χ0n) is 14.3. The molecule has 2 amide bonds. The number of hydrogen-bond donors (Lipinski definition) is 1. The first kappa shape index (κ1) is 17.2. The third-order valence-electron chi connectivity index (χ3n) is 4.92. The number of hydrogen-bond acceptors (Lipinski definition) is 3. The van der Waals surface area contributed by atoms with Crippen LogP contribution in [0, 0.1) is 5.92 Å². The van der Waals surface area contributed by atoms with Crippen molar-refractivity contribution in [2.75, 3.05) is 5.75 Å². The summed E-state index contributed by atoms with van der Waals surface area (Å²) in [5, 5.41) is 3.57. The average Bonchev–Trinajstić information content (AvgIpc) is 3.06. The quantitative estimate of drug-likeness (QED) is 0.848. The Hall–Kier alpha value is -1.62. The molecule has 1 heterocycles. The van der Waals surface area contributed by atoms with Crippen molar-refractivity contribution in [3.8, 4) is 0 Å². The summed E-state index contributed by atoms with van der Waals surface area (Å²) in [5.41, 5.74) is 3.40. The van der Waals surface area contributed by atoms with Gasteiger partial charge in [0.05, 0.1) is 11.5 Å². The van der Waals surface area contributed by atoms with Crippen molar-refractivity contribution in [2.45, 2.75) is 51.2 Å². The molecule has 0 spiro atoms. The maximum atomic E-state index is 12.1. The van der Waals surface area contributed by atoms with E-state index < -0.39 is 0 Å². The van der Waals surface area contributed by atoms with Crippen LogP contribution in [0.4, 0.5) is 0 Å². The molecule has 128 valence electrons. The number of thioether (sulfide) groups is 1. The van der Waals surface area contributed by atoms with Gasteiger partial charge in [0.2, 0.25) is 0 Å². The molecule has 1 fully saturated rings. The molecule has 1 unspecified atom stereocenters. The summed E-state index contributed by atoms with van der Waals surface area (Å²) in [6, 6.07) is 0. The minimum atomic E-state index is -0.0921. The van der Waals surface area contributed by atoms with Crippen LogP contribution < -0.4 is 5.32 Å². The summed E-state index contributed by atoms with van der Waals surface area (Å²) < 4.78 is 0. The molecule has 1 saturated carbocycles. The third-order valence-corrected chi connectivity index (χ3v) is 6.28. The molecule has 0 aromatic heterocycles. The summed E-state index contributed by atoms with van der Waals surface area (Å²) in [7, 11) is 0. The van der Waals surface area contributed by atoms with Crippen molar-refractivity contribution in [2.24, 2.45) is 10.9 Å². The number of amides is 2. The van der Waals surface area contributed by atoms with Gasteiger partial charge in [-0.05, 0) is 38.3 Å². The summed E-state index contributed by atoms with van der Waals surface area (Å²) >= 11 is 1.73. The average molecular weight is 344 g/mol. The van der Waals surface area contributed by atoms with Gasteiger partial charge in [0.25, 0.3) is 11.8 Å². The number of nitrogens with one attached hydrogen (secondary N) is 1. The molecule has 2 aliphatic carbocycles. The minimum Gasteiger partial charge on any atom is -0.325 e. The zero-order valence-corrected chi connectivity index (χ0v) is 15.1. The van der Waals surface area contributed by atoms with Crippen LogP contribution in [-0.2, 0) is 9.59 Å². The number of fused-ring (bicyclic) bond motifs is 1. The van der Waals surface area contributed by atoms with Crippen LogP contribution in [0.2, 0.25) is 0 Å². The molecule has 24 heavy (non-hydrogen) atoms. The highest BCUT2D eigenvalue weighted by atomic mass is 32.2. The fourth-order valence-electron chi connectivity index (χ4n) is 3.59.